The van der Waals surface area contributed by atoms with E-state index in [-0.39, 0.29) is 5.69 Å². The molecule has 0 amide bonds. The summed E-state index contributed by atoms with van der Waals surface area (Å²) in [6, 6.07) is 53.8. The fourth-order valence-corrected chi connectivity index (χ4v) is 9.62. The van der Waals surface area contributed by atoms with Crippen molar-refractivity contribution in [2.45, 2.75) is 5.41 Å². The maximum atomic E-state index is 11.7. The average Bonchev–Trinajstić information content (AvgIpc) is 3.71. The molecule has 2 aliphatic rings. The average molecular weight is 714 g/mol. The van der Waals surface area contributed by atoms with Gasteiger partial charge in [-0.1, -0.05) is 140 Å². The largest absolute Gasteiger partial charge is 0.503 e. The van der Waals surface area contributed by atoms with Gasteiger partial charge in [0.2, 0.25) is 17.2 Å². The van der Waals surface area contributed by atoms with Crippen LogP contribution in [-0.2, 0) is 5.41 Å². The lowest BCUT2D eigenvalue weighted by Gasteiger charge is -2.33. The first kappa shape index (κ1) is 31.1. The maximum Gasteiger partial charge on any atom is 0.208 e. The SMILES string of the molecule is Oc1c(O)c(O)c(N(c2ccc3c(c2)C2(c4ccccc4-c4ccccc42)c2ccccc2-3)c2cccc3c4ccccc4c4ccccc4c23)c(O)c1O. The van der Waals surface area contributed by atoms with Crippen LogP contribution in [0.4, 0.5) is 17.1 Å². The molecule has 9 aromatic rings. The quantitative estimate of drug-likeness (QED) is 0.0709. The molecule has 0 saturated carbocycles. The van der Waals surface area contributed by atoms with Gasteiger partial charge in [-0.3, -0.25) is 0 Å². The molecule has 6 nitrogen and oxygen atoms in total. The molecule has 55 heavy (non-hydrogen) atoms. The van der Waals surface area contributed by atoms with Crippen molar-refractivity contribution in [2.24, 2.45) is 0 Å². The van der Waals surface area contributed by atoms with Crippen LogP contribution >= 0.6 is 0 Å². The van der Waals surface area contributed by atoms with E-state index in [1.807, 2.05) is 42.5 Å². The lowest BCUT2D eigenvalue weighted by Crippen LogP contribution is -2.26. The standard InChI is InChI=1S/C49H31NO5/c51-44-43(45(52)47(54)48(55)46(44)53)50(41-23-11-19-36-30-13-2-1-12-28(30)29-14-3-4-18-35(29)42(36)41)27-24-25-34-33-17-7-10-22-39(33)49(40(34)26-27)37-20-8-5-15-31(37)32-16-6-9-21-38(32)49/h1-26,51-55H. The Morgan fingerprint density at radius 1 is 0.345 bits per heavy atom. The van der Waals surface area contributed by atoms with Crippen molar-refractivity contribution in [3.63, 3.8) is 0 Å². The number of rotatable bonds is 3. The molecule has 0 radical (unpaired) electrons. The molecule has 0 atom stereocenters. The molecule has 0 heterocycles. The zero-order valence-electron chi connectivity index (χ0n) is 29.2. The summed E-state index contributed by atoms with van der Waals surface area (Å²) < 4.78 is 0. The number of hydrogen-bond acceptors (Lipinski definition) is 6. The molecule has 1 spiro atoms. The van der Waals surface area contributed by atoms with Gasteiger partial charge in [-0.05, 0) is 89.6 Å². The van der Waals surface area contributed by atoms with Gasteiger partial charge in [0.15, 0.2) is 11.5 Å². The van der Waals surface area contributed by atoms with Gasteiger partial charge < -0.3 is 30.4 Å². The highest BCUT2D eigenvalue weighted by molar-refractivity contribution is 6.29. The fourth-order valence-electron chi connectivity index (χ4n) is 9.62. The number of nitrogens with zero attached hydrogens (tertiary/aromatic N) is 1. The van der Waals surface area contributed by atoms with Crippen LogP contribution in [0, 0.1) is 0 Å². The number of phenols is 5. The summed E-state index contributed by atoms with van der Waals surface area (Å²) in [6.45, 7) is 0. The maximum absolute atomic E-state index is 11.7. The Morgan fingerprint density at radius 2 is 0.745 bits per heavy atom. The Kier molecular flexibility index (Phi) is 6.25. The number of hydrogen-bond donors (Lipinski definition) is 5. The summed E-state index contributed by atoms with van der Waals surface area (Å²) in [5.41, 5.74) is 9.08. The van der Waals surface area contributed by atoms with E-state index >= 15 is 0 Å². The van der Waals surface area contributed by atoms with E-state index < -0.39 is 34.2 Å². The molecule has 0 aliphatic heterocycles. The highest BCUT2D eigenvalue weighted by Crippen LogP contribution is 2.64. The molecule has 262 valence electrons. The van der Waals surface area contributed by atoms with Crippen LogP contribution in [0.1, 0.15) is 22.3 Å². The molecule has 2 aliphatic carbocycles. The Labute approximate surface area is 315 Å². The van der Waals surface area contributed by atoms with Crippen LogP contribution in [0.5, 0.6) is 28.7 Å². The van der Waals surface area contributed by atoms with Crippen LogP contribution in [0.3, 0.4) is 0 Å². The van der Waals surface area contributed by atoms with Crippen molar-refractivity contribution in [3.8, 4) is 51.0 Å². The molecule has 0 aromatic heterocycles. The summed E-state index contributed by atoms with van der Waals surface area (Å²) in [5, 5.41) is 61.9. The normalized spacial score (nSPS) is 13.2. The van der Waals surface area contributed by atoms with Gasteiger partial charge in [0.25, 0.3) is 0 Å². The number of benzene rings is 9. The predicted molar refractivity (Wildman–Crippen MR) is 218 cm³/mol. The summed E-state index contributed by atoms with van der Waals surface area (Å²) in [6.07, 6.45) is 0. The molecule has 0 unspecified atom stereocenters. The van der Waals surface area contributed by atoms with Gasteiger partial charge >= 0.3 is 0 Å². The van der Waals surface area contributed by atoms with Crippen molar-refractivity contribution in [1.29, 1.82) is 0 Å². The van der Waals surface area contributed by atoms with E-state index in [0.717, 1.165) is 76.8 Å². The number of phenolic OH excluding ortho intramolecular Hbond substituents is 5. The van der Waals surface area contributed by atoms with E-state index in [9.17, 15) is 25.5 Å². The molecule has 0 saturated heterocycles. The second kappa shape index (κ2) is 11.0. The van der Waals surface area contributed by atoms with Crippen LogP contribution in [-0.4, -0.2) is 25.5 Å². The molecule has 5 N–H and O–H groups in total. The molecular weight excluding hydrogens is 683 g/mol. The minimum absolute atomic E-state index is 0.283. The summed E-state index contributed by atoms with van der Waals surface area (Å²) in [5.74, 6) is -4.49. The van der Waals surface area contributed by atoms with Crippen molar-refractivity contribution >= 4 is 49.4 Å². The number of aromatic hydroxyl groups is 5. The second-order valence-electron chi connectivity index (χ2n) is 14.3. The van der Waals surface area contributed by atoms with Gasteiger partial charge in [-0.2, -0.15) is 0 Å². The Bertz CT molecular complexity index is 2990. The lowest BCUT2D eigenvalue weighted by atomic mass is 9.70. The van der Waals surface area contributed by atoms with Gasteiger partial charge in [-0.15, -0.1) is 0 Å². The molecule has 0 bridgehead atoms. The molecular formula is C49H31NO5. The third kappa shape index (κ3) is 3.87. The molecule has 9 aromatic carbocycles. The first-order valence-electron chi connectivity index (χ1n) is 18.2. The Balaban J connectivity index is 1.29. The third-order valence-electron chi connectivity index (χ3n) is 11.8. The van der Waals surface area contributed by atoms with Crippen molar-refractivity contribution in [3.05, 3.63) is 180 Å². The summed E-state index contributed by atoms with van der Waals surface area (Å²) in [4.78, 5) is 1.68. The number of anilines is 3. The first-order chi connectivity index (χ1) is 26.9. The molecule has 11 rings (SSSR count). The topological polar surface area (TPSA) is 104 Å². The van der Waals surface area contributed by atoms with Crippen LogP contribution < -0.4 is 4.90 Å². The van der Waals surface area contributed by atoms with E-state index in [0.29, 0.717) is 11.4 Å². The first-order valence-corrected chi connectivity index (χ1v) is 18.2. The molecule has 6 heteroatoms. The van der Waals surface area contributed by atoms with E-state index in [1.165, 1.54) is 0 Å². The smallest absolute Gasteiger partial charge is 0.208 e. The van der Waals surface area contributed by atoms with Gasteiger partial charge in [0, 0.05) is 11.1 Å². The third-order valence-corrected chi connectivity index (χ3v) is 11.8. The fraction of sp³-hybridized carbons (Fsp3) is 0.0204. The van der Waals surface area contributed by atoms with Gasteiger partial charge in [-0.25, -0.2) is 0 Å². The van der Waals surface area contributed by atoms with Crippen LogP contribution in [0.15, 0.2) is 158 Å². The monoisotopic (exact) mass is 713 g/mol. The predicted octanol–water partition coefficient (Wildman–Crippen LogP) is 11.5. The Morgan fingerprint density at radius 3 is 1.27 bits per heavy atom. The van der Waals surface area contributed by atoms with E-state index in [4.69, 9.17) is 0 Å². The summed E-state index contributed by atoms with van der Waals surface area (Å²) in [7, 11) is 0. The zero-order valence-corrected chi connectivity index (χ0v) is 29.2. The van der Waals surface area contributed by atoms with Crippen LogP contribution in [0.2, 0.25) is 0 Å². The van der Waals surface area contributed by atoms with Crippen molar-refractivity contribution in [2.75, 3.05) is 4.90 Å². The van der Waals surface area contributed by atoms with Crippen LogP contribution in [0.25, 0.3) is 54.6 Å². The highest BCUT2D eigenvalue weighted by Gasteiger charge is 2.51. The summed E-state index contributed by atoms with van der Waals surface area (Å²) >= 11 is 0. The minimum atomic E-state index is -1.02. The van der Waals surface area contributed by atoms with E-state index in [1.54, 1.807) is 4.90 Å². The van der Waals surface area contributed by atoms with Gasteiger partial charge in [0.1, 0.15) is 5.69 Å². The number of fused-ring (bicyclic) bond motifs is 16. The lowest BCUT2D eigenvalue weighted by molar-refractivity contribution is 0.329. The highest BCUT2D eigenvalue weighted by atomic mass is 16.4. The van der Waals surface area contributed by atoms with Gasteiger partial charge in [0.05, 0.1) is 11.1 Å². The zero-order chi connectivity index (χ0) is 37.2. The van der Waals surface area contributed by atoms with Crippen molar-refractivity contribution in [1.82, 2.24) is 0 Å². The minimum Gasteiger partial charge on any atom is -0.503 e. The second-order valence-corrected chi connectivity index (χ2v) is 14.3. The van der Waals surface area contributed by atoms with E-state index in [2.05, 4.69) is 115 Å². The van der Waals surface area contributed by atoms with Crippen molar-refractivity contribution < 1.29 is 25.5 Å². The molecule has 0 fully saturated rings. The Hall–Kier alpha value is -7.44.